The number of ether oxygens (including phenoxy) is 7. The van der Waals surface area contributed by atoms with Crippen molar-refractivity contribution in [1.82, 2.24) is 0 Å². The predicted molar refractivity (Wildman–Crippen MR) is 144 cm³/mol. The molecule has 1 rings (SSSR count). The van der Waals surface area contributed by atoms with Crippen molar-refractivity contribution in [2.24, 2.45) is 5.73 Å². The average Bonchev–Trinajstić information content (AvgIpc) is 2.88. The van der Waals surface area contributed by atoms with Gasteiger partial charge in [-0.2, -0.15) is 0 Å². The van der Waals surface area contributed by atoms with Gasteiger partial charge in [-0.05, 0) is 64.7 Å². The van der Waals surface area contributed by atoms with E-state index in [9.17, 15) is 19.2 Å². The first-order chi connectivity index (χ1) is 18.8. The highest BCUT2D eigenvalue weighted by molar-refractivity contribution is 5.81. The van der Waals surface area contributed by atoms with Gasteiger partial charge in [0.2, 0.25) is 0 Å². The summed E-state index contributed by atoms with van der Waals surface area (Å²) in [6.45, 7) is 12.2. The molecule has 1 aromatic carbocycles. The summed E-state index contributed by atoms with van der Waals surface area (Å²) in [6, 6.07) is 4.29. The van der Waals surface area contributed by atoms with Crippen molar-refractivity contribution in [3.63, 3.8) is 0 Å². The lowest BCUT2D eigenvalue weighted by Crippen LogP contribution is -2.53. The molecule has 0 bridgehead atoms. The highest BCUT2D eigenvalue weighted by Gasteiger charge is 2.38. The maximum atomic E-state index is 12.7. The second kappa shape index (κ2) is 16.5. The number of carbonyl (C=O) groups excluding carboxylic acids is 4. The van der Waals surface area contributed by atoms with E-state index in [0.717, 1.165) is 0 Å². The minimum absolute atomic E-state index is 0.108. The summed E-state index contributed by atoms with van der Waals surface area (Å²) in [7, 11) is 1.19. The molecule has 12 nitrogen and oxygen atoms in total. The number of rotatable bonds is 14. The molecule has 0 saturated heterocycles. The second-order valence-corrected chi connectivity index (χ2v) is 9.70. The summed E-state index contributed by atoms with van der Waals surface area (Å²) in [5.41, 5.74) is 5.25. The summed E-state index contributed by atoms with van der Waals surface area (Å²) < 4.78 is 36.2. The first-order valence-electron chi connectivity index (χ1n) is 13.4. The van der Waals surface area contributed by atoms with Gasteiger partial charge in [0, 0.05) is 12.8 Å². The molecule has 0 spiro atoms. The van der Waals surface area contributed by atoms with E-state index < -0.39 is 48.3 Å². The van der Waals surface area contributed by atoms with Crippen LogP contribution in [0, 0.1) is 0 Å². The molecule has 2 N–H and O–H groups in total. The van der Waals surface area contributed by atoms with Crippen LogP contribution in [0.4, 0.5) is 14.4 Å². The van der Waals surface area contributed by atoms with E-state index in [1.807, 2.05) is 20.8 Å². The van der Waals surface area contributed by atoms with E-state index in [-0.39, 0.29) is 30.4 Å². The largest absolute Gasteiger partial charge is 0.514 e. The summed E-state index contributed by atoms with van der Waals surface area (Å²) in [5.74, 6) is -1.02. The van der Waals surface area contributed by atoms with Crippen molar-refractivity contribution in [1.29, 1.82) is 0 Å². The van der Waals surface area contributed by atoms with Crippen molar-refractivity contribution in [2.75, 3.05) is 7.11 Å². The van der Waals surface area contributed by atoms with Crippen LogP contribution in [0.5, 0.6) is 11.5 Å². The lowest BCUT2D eigenvalue weighted by Gasteiger charge is -2.29. The fourth-order valence-electron chi connectivity index (χ4n) is 3.34. The molecule has 0 aliphatic carbocycles. The number of methoxy groups -OCH3 is 1. The Morgan fingerprint density at radius 1 is 0.725 bits per heavy atom. The highest BCUT2D eigenvalue weighted by Crippen LogP contribution is 2.32. The molecule has 0 aliphatic rings. The Morgan fingerprint density at radius 3 is 1.65 bits per heavy atom. The minimum Gasteiger partial charge on any atom is -0.468 e. The number of nitrogens with two attached hydrogens (primary N) is 1. The van der Waals surface area contributed by atoms with Crippen LogP contribution in [-0.2, 0) is 34.9 Å². The van der Waals surface area contributed by atoms with E-state index >= 15 is 0 Å². The van der Waals surface area contributed by atoms with Crippen LogP contribution in [0.25, 0.3) is 0 Å². The highest BCUT2D eigenvalue weighted by atomic mass is 16.8. The molecule has 0 aliphatic heterocycles. The van der Waals surface area contributed by atoms with Crippen molar-refractivity contribution in [2.45, 2.75) is 111 Å². The molecular formula is C28H43NO11. The van der Waals surface area contributed by atoms with Gasteiger partial charge in [0.1, 0.15) is 30.0 Å². The predicted octanol–water partition coefficient (Wildman–Crippen LogP) is 5.46. The number of benzene rings is 1. The zero-order valence-corrected chi connectivity index (χ0v) is 24.6. The maximum absolute atomic E-state index is 12.7. The molecule has 1 aromatic rings. The number of carbonyl (C=O) groups is 4. The van der Waals surface area contributed by atoms with Gasteiger partial charge in [-0.25, -0.2) is 14.4 Å². The normalized spacial score (nSPS) is 15.3. The van der Waals surface area contributed by atoms with Crippen LogP contribution in [0.2, 0.25) is 0 Å². The Labute approximate surface area is 235 Å². The summed E-state index contributed by atoms with van der Waals surface area (Å²) in [6.07, 6.45) is -3.31. The average molecular weight is 570 g/mol. The summed E-state index contributed by atoms with van der Waals surface area (Å²) in [5, 5.41) is 0. The van der Waals surface area contributed by atoms with E-state index in [2.05, 4.69) is 0 Å². The Bertz CT molecular complexity index is 998. The molecule has 226 valence electrons. The molecule has 5 atom stereocenters. The third kappa shape index (κ3) is 11.7. The molecule has 0 fully saturated rings. The van der Waals surface area contributed by atoms with Gasteiger partial charge in [0.05, 0.1) is 7.11 Å². The van der Waals surface area contributed by atoms with Gasteiger partial charge in [-0.1, -0.05) is 26.8 Å². The molecule has 0 heterocycles. The van der Waals surface area contributed by atoms with Crippen molar-refractivity contribution in [3.8, 4) is 11.5 Å². The van der Waals surface area contributed by atoms with Crippen LogP contribution in [-0.4, -0.2) is 61.5 Å². The lowest BCUT2D eigenvalue weighted by atomic mass is 9.86. The fraction of sp³-hybridized carbons (Fsp3) is 0.643. The van der Waals surface area contributed by atoms with Gasteiger partial charge >= 0.3 is 24.4 Å². The minimum atomic E-state index is -1.64. The third-order valence-corrected chi connectivity index (χ3v) is 6.07. The quantitative estimate of drug-likeness (QED) is 0.171. The third-order valence-electron chi connectivity index (χ3n) is 6.07. The first-order valence-corrected chi connectivity index (χ1v) is 13.4. The topological polar surface area (TPSA) is 159 Å². The van der Waals surface area contributed by atoms with Crippen molar-refractivity contribution in [3.05, 3.63) is 23.8 Å². The van der Waals surface area contributed by atoms with Gasteiger partial charge < -0.3 is 38.9 Å². The van der Waals surface area contributed by atoms with E-state index in [0.29, 0.717) is 24.8 Å². The molecule has 40 heavy (non-hydrogen) atoms. The van der Waals surface area contributed by atoms with Gasteiger partial charge in [-0.3, -0.25) is 4.79 Å². The van der Waals surface area contributed by atoms with Gasteiger partial charge in [-0.15, -0.1) is 0 Å². The molecule has 0 aromatic heterocycles. The Balaban J connectivity index is 3.24. The van der Waals surface area contributed by atoms with E-state index in [1.165, 1.54) is 25.3 Å². The number of hydrogen-bond donors (Lipinski definition) is 1. The fourth-order valence-corrected chi connectivity index (χ4v) is 3.34. The van der Waals surface area contributed by atoms with Crippen LogP contribution in [0.3, 0.4) is 0 Å². The number of hydrogen-bond acceptors (Lipinski definition) is 12. The smallest absolute Gasteiger partial charge is 0.468 e. The monoisotopic (exact) mass is 569 g/mol. The maximum Gasteiger partial charge on any atom is 0.514 e. The summed E-state index contributed by atoms with van der Waals surface area (Å²) in [4.78, 5) is 49.4. The molecule has 0 radical (unpaired) electrons. The van der Waals surface area contributed by atoms with Crippen LogP contribution < -0.4 is 15.2 Å². The van der Waals surface area contributed by atoms with Crippen LogP contribution in [0.15, 0.2) is 18.2 Å². The van der Waals surface area contributed by atoms with Crippen LogP contribution >= 0.6 is 0 Å². The zero-order chi connectivity index (χ0) is 30.5. The lowest BCUT2D eigenvalue weighted by molar-refractivity contribution is -0.148. The van der Waals surface area contributed by atoms with E-state index in [1.54, 1.807) is 27.7 Å². The van der Waals surface area contributed by atoms with Crippen molar-refractivity contribution < 1.29 is 52.3 Å². The molecule has 3 unspecified atom stereocenters. The molecule has 0 saturated carbocycles. The second-order valence-electron chi connectivity index (χ2n) is 9.70. The Morgan fingerprint density at radius 2 is 1.18 bits per heavy atom. The van der Waals surface area contributed by atoms with E-state index in [4.69, 9.17) is 38.9 Å². The molecule has 0 amide bonds. The number of esters is 1. The Hall–Kier alpha value is -3.54. The molecule has 12 heteroatoms. The van der Waals surface area contributed by atoms with Crippen LogP contribution in [0.1, 0.15) is 79.7 Å². The van der Waals surface area contributed by atoms with Gasteiger partial charge in [0.25, 0.3) is 0 Å². The first kappa shape index (κ1) is 34.5. The Kier molecular flexibility index (Phi) is 14.3. The standard InChI is InChI=1S/C28H43NO11/c1-9-17(4)35-25(31)38-20(7)15-28(29,24(30)34-8)16-21-12-13-22(39-26(32)36-18(5)10-2)23(14-21)40-27(33)37-19(6)11-3/h12-14,17-20H,9-11,15-16,29H2,1-8H3/t17-,18?,19?,20-,28?/m0/s1. The zero-order valence-electron chi connectivity index (χ0n) is 24.6. The van der Waals surface area contributed by atoms with Gasteiger partial charge in [0.15, 0.2) is 11.5 Å². The summed E-state index contributed by atoms with van der Waals surface area (Å²) >= 11 is 0. The van der Waals surface area contributed by atoms with Crippen molar-refractivity contribution >= 4 is 24.4 Å². The SMILES string of the molecule is CCC(C)OC(=O)Oc1ccc(CC(N)(C[C@H](C)OC(=O)O[C@@H](C)CC)C(=O)OC)cc1OC(=O)OC(C)CC. The molecular weight excluding hydrogens is 526 g/mol.